The zero-order valence-corrected chi connectivity index (χ0v) is 24.4. The third-order valence-electron chi connectivity index (χ3n) is 7.03. The van der Waals surface area contributed by atoms with Gasteiger partial charge in [-0.1, -0.05) is 43.3 Å². The van der Waals surface area contributed by atoms with Gasteiger partial charge in [0.2, 0.25) is 11.8 Å². The van der Waals surface area contributed by atoms with Crippen molar-refractivity contribution < 1.29 is 22.7 Å². The van der Waals surface area contributed by atoms with Crippen molar-refractivity contribution in [2.45, 2.75) is 52.7 Å². The number of aryl methyl sites for hydroxylation is 4. The van der Waals surface area contributed by atoms with Crippen molar-refractivity contribution in [3.8, 4) is 34.4 Å². The number of benzene rings is 2. The Morgan fingerprint density at radius 3 is 2.49 bits per heavy atom. The summed E-state index contributed by atoms with van der Waals surface area (Å²) in [6.07, 6.45) is 6.82. The van der Waals surface area contributed by atoms with Crippen molar-refractivity contribution in [3.05, 3.63) is 107 Å². The summed E-state index contributed by atoms with van der Waals surface area (Å²) in [4.78, 5) is 4.52. The average molecular weight is 580 g/mol. The van der Waals surface area contributed by atoms with Crippen LogP contribution in [0.2, 0.25) is 0 Å². The van der Waals surface area contributed by atoms with Gasteiger partial charge in [-0.3, -0.25) is 4.68 Å². The minimum Gasteiger partial charge on any atom is -0.493 e. The molecule has 0 N–H and O–H groups in total. The van der Waals surface area contributed by atoms with Gasteiger partial charge < -0.3 is 22.7 Å². The molecule has 4 heterocycles. The number of oxazole rings is 1. The number of ether oxygens (including phenoxy) is 2. The number of methoxy groups -OCH3 is 1. The molecule has 0 unspecified atom stereocenters. The highest BCUT2D eigenvalue weighted by atomic mass is 16.5. The Balaban J connectivity index is 1.17. The molecule has 0 amide bonds. The van der Waals surface area contributed by atoms with Gasteiger partial charge >= 0.3 is 0 Å². The summed E-state index contributed by atoms with van der Waals surface area (Å²) in [7, 11) is 1.63. The quantitative estimate of drug-likeness (QED) is 0.145. The van der Waals surface area contributed by atoms with Crippen LogP contribution >= 0.6 is 0 Å². The Hall–Kier alpha value is -5.12. The Bertz CT molecular complexity index is 1770. The van der Waals surface area contributed by atoms with Crippen LogP contribution in [-0.2, 0) is 32.4 Å². The second kappa shape index (κ2) is 12.8. The first-order chi connectivity index (χ1) is 21.1. The van der Waals surface area contributed by atoms with Crippen LogP contribution < -0.4 is 9.47 Å². The number of furan rings is 1. The van der Waals surface area contributed by atoms with E-state index in [1.165, 1.54) is 0 Å². The van der Waals surface area contributed by atoms with Gasteiger partial charge in [-0.25, -0.2) is 4.98 Å². The van der Waals surface area contributed by atoms with Crippen LogP contribution in [-0.4, -0.2) is 32.1 Å². The maximum Gasteiger partial charge on any atom is 0.263 e. The van der Waals surface area contributed by atoms with Crippen molar-refractivity contribution >= 4 is 0 Å². The molecule has 0 saturated heterocycles. The molecule has 10 nitrogen and oxygen atoms in total. The fraction of sp³-hybridized carbons (Fsp3) is 0.273. The number of hydrogen-bond acceptors (Lipinski definition) is 9. The van der Waals surface area contributed by atoms with Crippen molar-refractivity contribution in [2.24, 2.45) is 0 Å². The minimum absolute atomic E-state index is 0.231. The van der Waals surface area contributed by atoms with E-state index in [1.54, 1.807) is 25.5 Å². The second-order valence-electron chi connectivity index (χ2n) is 10.2. The summed E-state index contributed by atoms with van der Waals surface area (Å²) >= 11 is 0. The van der Waals surface area contributed by atoms with Crippen LogP contribution in [0.25, 0.3) is 22.9 Å². The molecule has 0 aliphatic rings. The Morgan fingerprint density at radius 1 is 0.884 bits per heavy atom. The molecular weight excluding hydrogens is 546 g/mol. The van der Waals surface area contributed by atoms with E-state index in [2.05, 4.69) is 40.4 Å². The molecule has 0 saturated carbocycles. The molecule has 6 rings (SSSR count). The monoisotopic (exact) mass is 579 g/mol. The molecule has 0 atom stereocenters. The van der Waals surface area contributed by atoms with Gasteiger partial charge in [0.15, 0.2) is 17.3 Å². The summed E-state index contributed by atoms with van der Waals surface area (Å²) in [5.41, 5.74) is 4.84. The zero-order valence-electron chi connectivity index (χ0n) is 24.4. The van der Waals surface area contributed by atoms with Crippen molar-refractivity contribution in [1.29, 1.82) is 0 Å². The molecule has 2 aromatic carbocycles. The second-order valence-corrected chi connectivity index (χ2v) is 10.2. The van der Waals surface area contributed by atoms with Crippen molar-refractivity contribution in [1.82, 2.24) is 25.0 Å². The maximum atomic E-state index is 6.08. The van der Waals surface area contributed by atoms with Crippen LogP contribution in [0.3, 0.4) is 0 Å². The first-order valence-corrected chi connectivity index (χ1v) is 14.3. The summed E-state index contributed by atoms with van der Waals surface area (Å²) < 4.78 is 30.7. The Kier molecular flexibility index (Phi) is 8.35. The molecule has 220 valence electrons. The van der Waals surface area contributed by atoms with Gasteiger partial charge in [0.05, 0.1) is 25.6 Å². The molecule has 4 aromatic heterocycles. The number of aromatic nitrogens is 5. The van der Waals surface area contributed by atoms with Crippen LogP contribution in [0.15, 0.2) is 86.4 Å². The van der Waals surface area contributed by atoms with Crippen LogP contribution in [0.4, 0.5) is 0 Å². The van der Waals surface area contributed by atoms with Gasteiger partial charge in [-0.05, 0) is 55.2 Å². The molecular formula is C33H33N5O5. The standard InChI is InChI=1S/C33H33N5O5/c1-4-9-30-35-36-31(43-30)16-14-25-20-38(37-32(25)24-10-6-5-7-11-24)19-23-13-15-27(29(18-23)39-3)41-21-26-22(2)42-33(34-26)28-12-8-17-40-28/h5-8,10-13,15,17-18,20H,4,9,14,16,19,21H2,1-3H3. The highest BCUT2D eigenvalue weighted by Gasteiger charge is 2.17. The van der Waals surface area contributed by atoms with Gasteiger partial charge in [-0.2, -0.15) is 5.10 Å². The van der Waals surface area contributed by atoms with E-state index in [0.717, 1.165) is 41.6 Å². The first-order valence-electron chi connectivity index (χ1n) is 14.3. The lowest BCUT2D eigenvalue weighted by Gasteiger charge is -2.12. The lowest BCUT2D eigenvalue weighted by atomic mass is 10.0. The van der Waals surface area contributed by atoms with E-state index in [-0.39, 0.29) is 6.61 Å². The summed E-state index contributed by atoms with van der Waals surface area (Å²) in [6, 6.07) is 19.7. The molecule has 43 heavy (non-hydrogen) atoms. The lowest BCUT2D eigenvalue weighted by molar-refractivity contribution is 0.279. The normalized spacial score (nSPS) is 11.2. The highest BCUT2D eigenvalue weighted by Crippen LogP contribution is 2.31. The third kappa shape index (κ3) is 6.53. The van der Waals surface area contributed by atoms with E-state index in [1.807, 2.05) is 48.0 Å². The molecule has 0 aliphatic heterocycles. The predicted molar refractivity (Wildman–Crippen MR) is 159 cm³/mol. The van der Waals surface area contributed by atoms with E-state index in [4.69, 9.17) is 27.8 Å². The predicted octanol–water partition coefficient (Wildman–Crippen LogP) is 6.86. The van der Waals surface area contributed by atoms with Gasteiger partial charge in [0.1, 0.15) is 18.1 Å². The smallest absolute Gasteiger partial charge is 0.263 e. The molecule has 0 radical (unpaired) electrons. The van der Waals surface area contributed by atoms with E-state index in [9.17, 15) is 0 Å². The Morgan fingerprint density at radius 2 is 1.72 bits per heavy atom. The van der Waals surface area contributed by atoms with Crippen molar-refractivity contribution in [2.75, 3.05) is 7.11 Å². The molecule has 0 fully saturated rings. The molecule has 0 spiro atoms. The third-order valence-corrected chi connectivity index (χ3v) is 7.03. The SMILES string of the molecule is CCCc1nnc(CCc2cn(Cc3ccc(OCc4nc(-c5ccco5)oc4C)c(OC)c3)nc2-c2ccccc2)o1. The minimum atomic E-state index is 0.231. The highest BCUT2D eigenvalue weighted by molar-refractivity contribution is 5.62. The number of hydrogen-bond donors (Lipinski definition) is 0. The van der Waals surface area contributed by atoms with E-state index >= 15 is 0 Å². The number of rotatable bonds is 13. The summed E-state index contributed by atoms with van der Waals surface area (Å²) in [6.45, 7) is 4.74. The lowest BCUT2D eigenvalue weighted by Crippen LogP contribution is -2.03. The largest absolute Gasteiger partial charge is 0.493 e. The van der Waals surface area contributed by atoms with E-state index < -0.39 is 0 Å². The topological polar surface area (TPSA) is 114 Å². The summed E-state index contributed by atoms with van der Waals surface area (Å²) in [5.74, 6) is 4.24. The van der Waals surface area contributed by atoms with Gasteiger partial charge in [-0.15, -0.1) is 10.2 Å². The average Bonchev–Trinajstić information content (AvgIpc) is 3.84. The summed E-state index contributed by atoms with van der Waals surface area (Å²) in [5, 5.41) is 13.3. The first kappa shape index (κ1) is 28.0. The number of nitrogens with zero attached hydrogens (tertiary/aromatic N) is 5. The van der Waals surface area contributed by atoms with Crippen LogP contribution in [0.1, 0.15) is 47.7 Å². The fourth-order valence-corrected chi connectivity index (χ4v) is 4.84. The maximum absolute atomic E-state index is 6.08. The molecule has 10 heteroatoms. The molecule has 0 bridgehead atoms. The van der Waals surface area contributed by atoms with Gasteiger partial charge in [0.25, 0.3) is 5.89 Å². The van der Waals surface area contributed by atoms with E-state index in [0.29, 0.717) is 59.4 Å². The van der Waals surface area contributed by atoms with Crippen LogP contribution in [0, 0.1) is 6.92 Å². The molecule has 0 aliphatic carbocycles. The molecule has 6 aromatic rings. The zero-order chi connectivity index (χ0) is 29.6. The van der Waals surface area contributed by atoms with Gasteiger partial charge in [0, 0.05) is 24.6 Å². The van der Waals surface area contributed by atoms with Crippen molar-refractivity contribution in [3.63, 3.8) is 0 Å². The van der Waals surface area contributed by atoms with Crippen LogP contribution in [0.5, 0.6) is 11.5 Å². The Labute approximate surface area is 249 Å². The fourth-order valence-electron chi connectivity index (χ4n) is 4.84.